The molecule has 0 radical (unpaired) electrons. The highest BCUT2D eigenvalue weighted by Crippen LogP contribution is 2.26. The highest BCUT2D eigenvalue weighted by atomic mass is 35.5. The van der Waals surface area contributed by atoms with Gasteiger partial charge in [-0.3, -0.25) is 0 Å². The summed E-state index contributed by atoms with van der Waals surface area (Å²) < 4.78 is 0. The Hall–Kier alpha value is -1.02. The quantitative estimate of drug-likeness (QED) is 0.731. The van der Waals surface area contributed by atoms with Gasteiger partial charge in [0.25, 0.3) is 0 Å². The van der Waals surface area contributed by atoms with Crippen molar-refractivity contribution in [3.63, 3.8) is 0 Å². The Morgan fingerprint density at radius 1 is 1.05 bits per heavy atom. The van der Waals surface area contributed by atoms with Crippen LogP contribution in [-0.4, -0.2) is 6.54 Å². The molecule has 0 heterocycles. The van der Waals surface area contributed by atoms with Gasteiger partial charge in [0.2, 0.25) is 0 Å². The fraction of sp³-hybridized carbons (Fsp3) is 0.333. The predicted molar refractivity (Wildman–Crippen MR) is 92.4 cm³/mol. The van der Waals surface area contributed by atoms with Crippen LogP contribution in [0.2, 0.25) is 10.0 Å². The van der Waals surface area contributed by atoms with Crippen LogP contribution in [0.1, 0.15) is 36.1 Å². The van der Waals surface area contributed by atoms with E-state index in [4.69, 9.17) is 23.2 Å². The number of hydrogen-bond donors (Lipinski definition) is 1. The summed E-state index contributed by atoms with van der Waals surface area (Å²) in [4.78, 5) is 0. The third kappa shape index (κ3) is 4.74. The maximum atomic E-state index is 6.12. The zero-order chi connectivity index (χ0) is 15.2. The first-order chi connectivity index (χ1) is 10.1. The molecule has 1 atom stereocenters. The van der Waals surface area contributed by atoms with E-state index in [1.165, 1.54) is 16.7 Å². The molecule has 112 valence electrons. The van der Waals surface area contributed by atoms with E-state index in [1.807, 2.05) is 18.2 Å². The van der Waals surface area contributed by atoms with Crippen molar-refractivity contribution < 1.29 is 0 Å². The standard InChI is InChI=1S/C18H21Cl2N/c1-3-9-21-18(15-6-4-5-13(2)10-15)12-14-7-8-16(19)17(20)11-14/h4-8,10-11,18,21H,3,9,12H2,1-2H3. The van der Waals surface area contributed by atoms with Crippen molar-refractivity contribution in [2.24, 2.45) is 0 Å². The Balaban J connectivity index is 2.21. The fourth-order valence-electron chi connectivity index (χ4n) is 2.42. The molecule has 0 aromatic heterocycles. The molecule has 1 nitrogen and oxygen atoms in total. The first kappa shape index (κ1) is 16.4. The van der Waals surface area contributed by atoms with E-state index in [9.17, 15) is 0 Å². The first-order valence-corrected chi connectivity index (χ1v) is 8.09. The lowest BCUT2D eigenvalue weighted by Gasteiger charge is -2.20. The summed E-state index contributed by atoms with van der Waals surface area (Å²) in [6, 6.07) is 14.8. The minimum atomic E-state index is 0.294. The number of nitrogens with one attached hydrogen (secondary N) is 1. The Kier molecular flexibility index (Phi) is 6.10. The van der Waals surface area contributed by atoms with Gasteiger partial charge in [-0.25, -0.2) is 0 Å². The third-order valence-electron chi connectivity index (χ3n) is 3.51. The van der Waals surface area contributed by atoms with Crippen LogP contribution in [0.25, 0.3) is 0 Å². The van der Waals surface area contributed by atoms with E-state index < -0.39 is 0 Å². The van der Waals surface area contributed by atoms with Crippen molar-refractivity contribution in [1.82, 2.24) is 5.32 Å². The van der Waals surface area contributed by atoms with Gasteiger partial charge < -0.3 is 5.32 Å². The van der Waals surface area contributed by atoms with Crippen LogP contribution in [0.15, 0.2) is 42.5 Å². The number of rotatable bonds is 6. The average Bonchev–Trinajstić information content (AvgIpc) is 2.47. The van der Waals surface area contributed by atoms with Crippen molar-refractivity contribution in [3.05, 3.63) is 69.2 Å². The topological polar surface area (TPSA) is 12.0 Å². The first-order valence-electron chi connectivity index (χ1n) is 7.34. The molecule has 0 fully saturated rings. The monoisotopic (exact) mass is 321 g/mol. The van der Waals surface area contributed by atoms with Gasteiger partial charge >= 0.3 is 0 Å². The van der Waals surface area contributed by atoms with Crippen LogP contribution in [0.3, 0.4) is 0 Å². The number of hydrogen-bond acceptors (Lipinski definition) is 1. The normalized spacial score (nSPS) is 12.4. The molecule has 0 saturated carbocycles. The summed E-state index contributed by atoms with van der Waals surface area (Å²) in [6.45, 7) is 5.30. The van der Waals surface area contributed by atoms with Crippen LogP contribution >= 0.6 is 23.2 Å². The molecule has 0 saturated heterocycles. The van der Waals surface area contributed by atoms with Crippen molar-refractivity contribution in [2.75, 3.05) is 6.54 Å². The van der Waals surface area contributed by atoms with E-state index >= 15 is 0 Å². The van der Waals surface area contributed by atoms with Gasteiger partial charge in [-0.15, -0.1) is 0 Å². The van der Waals surface area contributed by atoms with Gasteiger partial charge in [0.1, 0.15) is 0 Å². The molecular weight excluding hydrogens is 301 g/mol. The average molecular weight is 322 g/mol. The minimum Gasteiger partial charge on any atom is -0.310 e. The molecule has 0 aliphatic carbocycles. The molecule has 2 rings (SSSR count). The summed E-state index contributed by atoms with van der Waals surface area (Å²) in [5.41, 5.74) is 3.79. The van der Waals surface area contributed by atoms with Gasteiger partial charge in [-0.2, -0.15) is 0 Å². The molecule has 0 amide bonds. The van der Waals surface area contributed by atoms with Gasteiger partial charge in [0, 0.05) is 6.04 Å². The maximum absolute atomic E-state index is 6.12. The van der Waals surface area contributed by atoms with E-state index in [0.717, 1.165) is 19.4 Å². The summed E-state index contributed by atoms with van der Waals surface area (Å²) in [6.07, 6.45) is 2.02. The van der Waals surface area contributed by atoms with Crippen LogP contribution in [0.5, 0.6) is 0 Å². The molecule has 1 unspecified atom stereocenters. The van der Waals surface area contributed by atoms with Crippen LogP contribution in [-0.2, 0) is 6.42 Å². The number of benzene rings is 2. The van der Waals surface area contributed by atoms with Crippen LogP contribution < -0.4 is 5.32 Å². The third-order valence-corrected chi connectivity index (χ3v) is 4.25. The van der Waals surface area contributed by atoms with Gasteiger partial charge in [-0.1, -0.05) is 66.0 Å². The molecule has 21 heavy (non-hydrogen) atoms. The fourth-order valence-corrected chi connectivity index (χ4v) is 2.74. The number of halogens is 2. The van der Waals surface area contributed by atoms with E-state index in [2.05, 4.69) is 43.4 Å². The summed E-state index contributed by atoms with van der Waals surface area (Å²) >= 11 is 12.1. The Labute approximate surface area is 137 Å². The minimum absolute atomic E-state index is 0.294. The SMILES string of the molecule is CCCNC(Cc1ccc(Cl)c(Cl)c1)c1cccc(C)c1. The Morgan fingerprint density at radius 2 is 1.86 bits per heavy atom. The van der Waals surface area contributed by atoms with Gasteiger partial charge in [0.05, 0.1) is 10.0 Å². The maximum Gasteiger partial charge on any atom is 0.0595 e. The van der Waals surface area contributed by atoms with Crippen molar-refractivity contribution in [2.45, 2.75) is 32.7 Å². The molecule has 0 bridgehead atoms. The molecule has 3 heteroatoms. The highest BCUT2D eigenvalue weighted by Gasteiger charge is 2.12. The second-order valence-electron chi connectivity index (χ2n) is 5.37. The lowest BCUT2D eigenvalue weighted by Crippen LogP contribution is -2.24. The highest BCUT2D eigenvalue weighted by molar-refractivity contribution is 6.42. The predicted octanol–water partition coefficient (Wildman–Crippen LogP) is 5.59. The molecule has 1 N–H and O–H groups in total. The lowest BCUT2D eigenvalue weighted by molar-refractivity contribution is 0.529. The lowest BCUT2D eigenvalue weighted by atomic mass is 9.97. The Bertz CT molecular complexity index is 596. The molecule has 2 aromatic carbocycles. The zero-order valence-corrected chi connectivity index (χ0v) is 14.0. The van der Waals surface area contributed by atoms with Gasteiger partial charge in [-0.05, 0) is 49.6 Å². The second-order valence-corrected chi connectivity index (χ2v) is 6.19. The molecular formula is C18H21Cl2N. The summed E-state index contributed by atoms with van der Waals surface area (Å²) in [7, 11) is 0. The van der Waals surface area contributed by atoms with Crippen LogP contribution in [0.4, 0.5) is 0 Å². The van der Waals surface area contributed by atoms with Crippen molar-refractivity contribution in [1.29, 1.82) is 0 Å². The van der Waals surface area contributed by atoms with Crippen molar-refractivity contribution >= 4 is 23.2 Å². The summed E-state index contributed by atoms with van der Waals surface area (Å²) in [5.74, 6) is 0. The van der Waals surface area contributed by atoms with Crippen LogP contribution in [0, 0.1) is 6.92 Å². The molecule has 2 aromatic rings. The van der Waals surface area contributed by atoms with Crippen molar-refractivity contribution in [3.8, 4) is 0 Å². The second kappa shape index (κ2) is 7.84. The Morgan fingerprint density at radius 3 is 2.52 bits per heavy atom. The zero-order valence-electron chi connectivity index (χ0n) is 12.5. The summed E-state index contributed by atoms with van der Waals surface area (Å²) in [5, 5.41) is 4.84. The molecule has 0 aliphatic rings. The molecule has 0 spiro atoms. The largest absolute Gasteiger partial charge is 0.310 e. The number of aryl methyl sites for hydroxylation is 1. The van der Waals surface area contributed by atoms with Gasteiger partial charge in [0.15, 0.2) is 0 Å². The van der Waals surface area contributed by atoms with E-state index in [0.29, 0.717) is 16.1 Å². The molecule has 0 aliphatic heterocycles. The van der Waals surface area contributed by atoms with E-state index in [-0.39, 0.29) is 0 Å². The smallest absolute Gasteiger partial charge is 0.0595 e. The van der Waals surface area contributed by atoms with E-state index in [1.54, 1.807) is 0 Å².